The molecule has 0 aromatic rings. The molecule has 0 radical (unpaired) electrons. The predicted molar refractivity (Wildman–Crippen MR) is 55.7 cm³/mol. The van der Waals surface area contributed by atoms with Gasteiger partial charge >= 0.3 is 0 Å². The van der Waals surface area contributed by atoms with Crippen LogP contribution in [0.3, 0.4) is 0 Å². The highest BCUT2D eigenvalue weighted by Crippen LogP contribution is 2.28. The molecule has 1 rings (SSSR count). The molecule has 1 fully saturated rings. The van der Waals surface area contributed by atoms with Gasteiger partial charge in [-0.15, -0.1) is 0 Å². The summed E-state index contributed by atoms with van der Waals surface area (Å²) in [5.41, 5.74) is -0.675. The van der Waals surface area contributed by atoms with E-state index in [4.69, 9.17) is 10.5 Å². The summed E-state index contributed by atoms with van der Waals surface area (Å²) in [5.74, 6) is 0. The number of hydrogen-bond donors (Lipinski definition) is 1. The molecule has 1 N–H and O–H groups in total. The molecular formula is C11H17N3O. The first-order valence-corrected chi connectivity index (χ1v) is 5.39. The number of nitrogens with zero attached hydrogens (tertiary/aromatic N) is 3. The molecule has 0 spiro atoms. The fourth-order valence-electron chi connectivity index (χ4n) is 2.15. The van der Waals surface area contributed by atoms with Gasteiger partial charge in [0, 0.05) is 6.54 Å². The van der Waals surface area contributed by atoms with Crippen LogP contribution in [-0.2, 0) is 0 Å². The van der Waals surface area contributed by atoms with E-state index >= 15 is 0 Å². The molecule has 0 aromatic carbocycles. The van der Waals surface area contributed by atoms with Crippen molar-refractivity contribution >= 4 is 0 Å². The third-order valence-corrected chi connectivity index (χ3v) is 2.89. The van der Waals surface area contributed by atoms with E-state index in [1.807, 2.05) is 12.1 Å². The lowest BCUT2D eigenvalue weighted by Crippen LogP contribution is -2.44. The average Bonchev–Trinajstić information content (AvgIpc) is 2.19. The second kappa shape index (κ2) is 5.70. The van der Waals surface area contributed by atoms with Crippen molar-refractivity contribution < 1.29 is 5.11 Å². The van der Waals surface area contributed by atoms with Crippen LogP contribution in [-0.4, -0.2) is 35.2 Å². The molecular weight excluding hydrogens is 190 g/mol. The maximum Gasteiger partial charge on any atom is 0.0875 e. The fraction of sp³-hybridized carbons (Fsp3) is 0.818. The van der Waals surface area contributed by atoms with Crippen molar-refractivity contribution in [3.05, 3.63) is 0 Å². The predicted octanol–water partition coefficient (Wildman–Crippen LogP) is 1.03. The van der Waals surface area contributed by atoms with Gasteiger partial charge in [-0.2, -0.15) is 10.5 Å². The fourth-order valence-corrected chi connectivity index (χ4v) is 2.15. The summed E-state index contributed by atoms with van der Waals surface area (Å²) in [5, 5.41) is 27.4. The SMILES string of the molecule is N#CCN(CC#N)CC1(O)CCCCC1. The highest BCUT2D eigenvalue weighted by Gasteiger charge is 2.31. The molecule has 0 bridgehead atoms. The van der Waals surface area contributed by atoms with Crippen LogP contribution in [0.25, 0.3) is 0 Å². The standard InChI is InChI=1S/C11H17N3O/c12-6-8-14(9-7-13)10-11(15)4-2-1-3-5-11/h15H,1-5,8-10H2. The summed E-state index contributed by atoms with van der Waals surface area (Å²) in [6.07, 6.45) is 4.85. The van der Waals surface area contributed by atoms with Gasteiger partial charge in [0.1, 0.15) is 0 Å². The van der Waals surface area contributed by atoms with Crippen molar-refractivity contribution in [3.8, 4) is 12.1 Å². The van der Waals surface area contributed by atoms with Gasteiger partial charge < -0.3 is 5.11 Å². The Morgan fingerprint density at radius 3 is 2.07 bits per heavy atom. The lowest BCUT2D eigenvalue weighted by molar-refractivity contribution is -0.0210. The first-order chi connectivity index (χ1) is 7.20. The Morgan fingerprint density at radius 1 is 1.07 bits per heavy atom. The monoisotopic (exact) mass is 207 g/mol. The van der Waals surface area contributed by atoms with E-state index in [0.29, 0.717) is 6.54 Å². The van der Waals surface area contributed by atoms with Gasteiger partial charge in [-0.25, -0.2) is 0 Å². The maximum atomic E-state index is 10.2. The first-order valence-electron chi connectivity index (χ1n) is 5.39. The zero-order chi connectivity index (χ0) is 11.1. The second-order valence-electron chi connectivity index (χ2n) is 4.25. The van der Waals surface area contributed by atoms with E-state index in [-0.39, 0.29) is 13.1 Å². The Bertz CT molecular complexity index is 255. The molecule has 0 heterocycles. The Hall–Kier alpha value is -1.10. The molecule has 1 saturated carbocycles. The molecule has 0 aromatic heterocycles. The van der Waals surface area contributed by atoms with Crippen LogP contribution in [0.5, 0.6) is 0 Å². The van der Waals surface area contributed by atoms with Gasteiger partial charge in [0.15, 0.2) is 0 Å². The molecule has 82 valence electrons. The van der Waals surface area contributed by atoms with Gasteiger partial charge in [0.25, 0.3) is 0 Å². The van der Waals surface area contributed by atoms with Crippen molar-refractivity contribution in [1.82, 2.24) is 4.90 Å². The third-order valence-electron chi connectivity index (χ3n) is 2.89. The third kappa shape index (κ3) is 3.87. The zero-order valence-corrected chi connectivity index (χ0v) is 8.95. The van der Waals surface area contributed by atoms with Crippen molar-refractivity contribution in [3.63, 3.8) is 0 Å². The summed E-state index contributed by atoms with van der Waals surface area (Å²) >= 11 is 0. The second-order valence-corrected chi connectivity index (χ2v) is 4.25. The summed E-state index contributed by atoms with van der Waals surface area (Å²) in [4.78, 5) is 1.71. The number of nitriles is 2. The van der Waals surface area contributed by atoms with E-state index in [9.17, 15) is 5.11 Å². The quantitative estimate of drug-likeness (QED) is 0.699. The van der Waals surface area contributed by atoms with Crippen molar-refractivity contribution in [1.29, 1.82) is 10.5 Å². The summed E-state index contributed by atoms with van der Waals surface area (Å²) in [7, 11) is 0. The highest BCUT2D eigenvalue weighted by atomic mass is 16.3. The summed E-state index contributed by atoms with van der Waals surface area (Å²) in [6.45, 7) is 0.889. The lowest BCUT2D eigenvalue weighted by Gasteiger charge is -2.35. The van der Waals surface area contributed by atoms with E-state index in [0.717, 1.165) is 25.7 Å². The van der Waals surface area contributed by atoms with Gasteiger partial charge in [0.2, 0.25) is 0 Å². The van der Waals surface area contributed by atoms with Crippen LogP contribution in [0.15, 0.2) is 0 Å². The number of hydrogen-bond acceptors (Lipinski definition) is 4. The van der Waals surface area contributed by atoms with Gasteiger partial charge in [-0.1, -0.05) is 19.3 Å². The van der Waals surface area contributed by atoms with Gasteiger partial charge in [0.05, 0.1) is 30.8 Å². The van der Waals surface area contributed by atoms with Crippen molar-refractivity contribution in [2.75, 3.05) is 19.6 Å². The molecule has 0 atom stereocenters. The summed E-state index contributed by atoms with van der Waals surface area (Å²) < 4.78 is 0. The minimum Gasteiger partial charge on any atom is -0.389 e. The van der Waals surface area contributed by atoms with Crippen LogP contribution in [0.1, 0.15) is 32.1 Å². The normalized spacial score (nSPS) is 19.5. The molecule has 0 aliphatic heterocycles. The highest BCUT2D eigenvalue weighted by molar-refractivity contribution is 4.91. The van der Waals surface area contributed by atoms with Gasteiger partial charge in [-0.05, 0) is 12.8 Å². The van der Waals surface area contributed by atoms with Crippen molar-refractivity contribution in [2.45, 2.75) is 37.7 Å². The topological polar surface area (TPSA) is 71.0 Å². The Balaban J connectivity index is 2.48. The Labute approximate surface area is 90.7 Å². The molecule has 4 nitrogen and oxygen atoms in total. The van der Waals surface area contributed by atoms with Crippen LogP contribution in [0.4, 0.5) is 0 Å². The van der Waals surface area contributed by atoms with E-state index in [2.05, 4.69) is 0 Å². The van der Waals surface area contributed by atoms with Crippen LogP contribution >= 0.6 is 0 Å². The average molecular weight is 207 g/mol. The van der Waals surface area contributed by atoms with Crippen molar-refractivity contribution in [2.24, 2.45) is 0 Å². The molecule has 0 saturated heterocycles. The van der Waals surface area contributed by atoms with Crippen LogP contribution in [0.2, 0.25) is 0 Å². The zero-order valence-electron chi connectivity index (χ0n) is 8.95. The van der Waals surface area contributed by atoms with Crippen LogP contribution < -0.4 is 0 Å². The lowest BCUT2D eigenvalue weighted by atomic mass is 9.84. The van der Waals surface area contributed by atoms with E-state index in [1.54, 1.807) is 4.90 Å². The van der Waals surface area contributed by atoms with E-state index in [1.165, 1.54) is 6.42 Å². The first kappa shape index (κ1) is 12.0. The molecule has 0 amide bonds. The van der Waals surface area contributed by atoms with Gasteiger partial charge in [-0.3, -0.25) is 4.90 Å². The number of rotatable bonds is 4. The molecule has 15 heavy (non-hydrogen) atoms. The molecule has 0 unspecified atom stereocenters. The van der Waals surface area contributed by atoms with Crippen LogP contribution in [0, 0.1) is 22.7 Å². The maximum absolute atomic E-state index is 10.2. The number of aliphatic hydroxyl groups is 1. The van der Waals surface area contributed by atoms with E-state index < -0.39 is 5.60 Å². The molecule has 1 aliphatic carbocycles. The Kier molecular flexibility index (Phi) is 4.55. The smallest absolute Gasteiger partial charge is 0.0875 e. The minimum absolute atomic E-state index is 0.218. The Morgan fingerprint density at radius 2 is 1.60 bits per heavy atom. The molecule has 4 heteroatoms. The minimum atomic E-state index is -0.675. The largest absolute Gasteiger partial charge is 0.389 e. The molecule has 1 aliphatic rings. The summed E-state index contributed by atoms with van der Waals surface area (Å²) in [6, 6.07) is 4.05.